The Hall–Kier alpha value is -3.23. The van der Waals surface area contributed by atoms with Crippen LogP contribution in [0.5, 0.6) is 0 Å². The van der Waals surface area contributed by atoms with E-state index in [-0.39, 0.29) is 17.0 Å². The van der Waals surface area contributed by atoms with Crippen molar-refractivity contribution >= 4 is 12.0 Å². The van der Waals surface area contributed by atoms with E-state index >= 15 is 0 Å². The van der Waals surface area contributed by atoms with Crippen LogP contribution < -0.4 is 5.32 Å². The highest BCUT2D eigenvalue weighted by Crippen LogP contribution is 2.27. The van der Waals surface area contributed by atoms with E-state index in [1.165, 1.54) is 18.2 Å². The molecule has 1 aliphatic rings. The quantitative estimate of drug-likeness (QED) is 0.475. The molecule has 3 unspecified atom stereocenters. The summed E-state index contributed by atoms with van der Waals surface area (Å²) in [6.45, 7) is 3.77. The first-order chi connectivity index (χ1) is 16.3. The Labute approximate surface area is 198 Å². The van der Waals surface area contributed by atoms with Gasteiger partial charge in [0.1, 0.15) is 23.0 Å². The average molecular weight is 472 g/mol. The third kappa shape index (κ3) is 7.97. The van der Waals surface area contributed by atoms with Gasteiger partial charge >= 0.3 is 0 Å². The summed E-state index contributed by atoms with van der Waals surface area (Å²) in [4.78, 5) is 18.3. The number of aryl methyl sites for hydroxylation is 1. The SMILES string of the molecule is CC1CCC(O)C(O)C1.CNc1cccnc1.Cc1cccc(F)c1-c1nc(C=O)ccc1F. The van der Waals surface area contributed by atoms with Crippen molar-refractivity contribution < 1.29 is 23.8 Å². The monoisotopic (exact) mass is 471 g/mol. The van der Waals surface area contributed by atoms with Crippen molar-refractivity contribution in [2.45, 2.75) is 45.3 Å². The molecule has 182 valence electrons. The van der Waals surface area contributed by atoms with E-state index in [9.17, 15) is 13.6 Å². The molecule has 1 aromatic carbocycles. The molecule has 2 heterocycles. The first-order valence-corrected chi connectivity index (χ1v) is 11.1. The van der Waals surface area contributed by atoms with Crippen LogP contribution in [0.1, 0.15) is 42.2 Å². The van der Waals surface area contributed by atoms with Crippen LogP contribution in [0, 0.1) is 24.5 Å². The second-order valence-corrected chi connectivity index (χ2v) is 8.16. The van der Waals surface area contributed by atoms with Gasteiger partial charge in [-0.25, -0.2) is 13.8 Å². The molecule has 8 heteroatoms. The van der Waals surface area contributed by atoms with Crippen molar-refractivity contribution in [1.29, 1.82) is 0 Å². The van der Waals surface area contributed by atoms with E-state index < -0.39 is 23.8 Å². The zero-order chi connectivity index (χ0) is 25.1. The van der Waals surface area contributed by atoms with Crippen molar-refractivity contribution in [2.24, 2.45) is 5.92 Å². The summed E-state index contributed by atoms with van der Waals surface area (Å²) in [5.74, 6) is -0.619. The Morgan fingerprint density at radius 2 is 1.79 bits per heavy atom. The van der Waals surface area contributed by atoms with Gasteiger partial charge in [-0.15, -0.1) is 0 Å². The van der Waals surface area contributed by atoms with E-state index in [1.807, 2.05) is 19.2 Å². The molecule has 0 radical (unpaired) electrons. The Morgan fingerprint density at radius 3 is 2.32 bits per heavy atom. The lowest BCUT2D eigenvalue weighted by Gasteiger charge is -2.27. The standard InChI is InChI=1S/C13H9F2NO.C7H14O2.C6H8N2/c1-8-3-2-4-10(14)12(8)13-11(15)6-5-9(7-17)16-13;1-5-2-3-6(8)7(9)4-5;1-7-6-3-2-4-8-5-6/h2-7H,1H3;5-9H,2-4H2,1H3;2-5,7H,1H3. The third-order valence-electron chi connectivity index (χ3n) is 5.44. The number of hydrogen-bond donors (Lipinski definition) is 3. The van der Waals surface area contributed by atoms with Gasteiger partial charge in [-0.1, -0.05) is 19.1 Å². The van der Waals surface area contributed by atoms with Crippen molar-refractivity contribution in [2.75, 3.05) is 12.4 Å². The minimum absolute atomic E-state index is 0.0732. The van der Waals surface area contributed by atoms with E-state index in [0.29, 0.717) is 17.8 Å². The number of aromatic nitrogens is 2. The van der Waals surface area contributed by atoms with E-state index in [4.69, 9.17) is 10.2 Å². The predicted molar refractivity (Wildman–Crippen MR) is 129 cm³/mol. The molecule has 4 rings (SSSR count). The molecule has 0 aliphatic heterocycles. The van der Waals surface area contributed by atoms with Gasteiger partial charge in [-0.3, -0.25) is 9.78 Å². The number of nitrogens with one attached hydrogen (secondary N) is 1. The summed E-state index contributed by atoms with van der Waals surface area (Å²) in [7, 11) is 1.87. The maximum atomic E-state index is 13.7. The molecule has 0 bridgehead atoms. The number of aldehydes is 1. The molecule has 34 heavy (non-hydrogen) atoms. The van der Waals surface area contributed by atoms with Gasteiger partial charge in [0.2, 0.25) is 0 Å². The maximum Gasteiger partial charge on any atom is 0.168 e. The molecule has 3 atom stereocenters. The number of hydrogen-bond acceptors (Lipinski definition) is 6. The largest absolute Gasteiger partial charge is 0.390 e. The smallest absolute Gasteiger partial charge is 0.168 e. The lowest BCUT2D eigenvalue weighted by atomic mass is 9.87. The van der Waals surface area contributed by atoms with Gasteiger partial charge in [0.15, 0.2) is 6.29 Å². The van der Waals surface area contributed by atoms with Crippen LogP contribution in [-0.2, 0) is 0 Å². The Bertz CT molecular complexity index is 1030. The fourth-order valence-corrected chi connectivity index (χ4v) is 3.48. The first-order valence-electron chi connectivity index (χ1n) is 11.1. The third-order valence-corrected chi connectivity index (χ3v) is 5.44. The summed E-state index contributed by atoms with van der Waals surface area (Å²) < 4.78 is 27.3. The van der Waals surface area contributed by atoms with Crippen molar-refractivity contribution in [3.63, 3.8) is 0 Å². The van der Waals surface area contributed by atoms with Gasteiger partial charge < -0.3 is 15.5 Å². The Morgan fingerprint density at radius 1 is 1.03 bits per heavy atom. The molecular weight excluding hydrogens is 440 g/mol. The molecule has 0 amide bonds. The number of carbonyl (C=O) groups is 1. The number of carbonyl (C=O) groups excluding carboxylic acids is 1. The normalized spacial score (nSPS) is 19.1. The van der Waals surface area contributed by atoms with Crippen LogP contribution in [0.3, 0.4) is 0 Å². The Balaban J connectivity index is 0.000000201. The topological polar surface area (TPSA) is 95.3 Å². The average Bonchev–Trinajstić information content (AvgIpc) is 2.84. The summed E-state index contributed by atoms with van der Waals surface area (Å²) in [6.07, 6.45) is 5.69. The zero-order valence-corrected chi connectivity index (χ0v) is 19.6. The van der Waals surface area contributed by atoms with Gasteiger partial charge in [-0.2, -0.15) is 0 Å². The fraction of sp³-hybridized carbons (Fsp3) is 0.346. The Kier molecular flexibility index (Phi) is 10.7. The van der Waals surface area contributed by atoms with E-state index in [2.05, 4.69) is 22.2 Å². The summed E-state index contributed by atoms with van der Waals surface area (Å²) in [5, 5.41) is 21.1. The number of aliphatic hydroxyl groups is 2. The lowest BCUT2D eigenvalue weighted by Crippen LogP contribution is -2.32. The summed E-state index contributed by atoms with van der Waals surface area (Å²) in [5.41, 5.74) is 1.65. The van der Waals surface area contributed by atoms with E-state index in [0.717, 1.165) is 31.0 Å². The molecule has 3 N–H and O–H groups in total. The van der Waals surface area contributed by atoms with Gasteiger partial charge in [-0.05, 0) is 68.0 Å². The van der Waals surface area contributed by atoms with Crippen molar-refractivity contribution in [1.82, 2.24) is 9.97 Å². The molecular formula is C26H31F2N3O3. The van der Waals surface area contributed by atoms with Crippen LogP contribution in [0.4, 0.5) is 14.5 Å². The summed E-state index contributed by atoms with van der Waals surface area (Å²) >= 11 is 0. The van der Waals surface area contributed by atoms with Gasteiger partial charge in [0, 0.05) is 25.0 Å². The molecule has 0 saturated heterocycles. The number of benzene rings is 1. The second kappa shape index (κ2) is 13.5. The second-order valence-electron chi connectivity index (χ2n) is 8.16. The maximum absolute atomic E-state index is 13.7. The number of rotatable bonds is 3. The number of aliphatic hydroxyl groups excluding tert-OH is 2. The lowest BCUT2D eigenvalue weighted by molar-refractivity contribution is -0.0226. The van der Waals surface area contributed by atoms with Crippen molar-refractivity contribution in [3.05, 3.63) is 77.8 Å². The van der Waals surface area contributed by atoms with Crippen LogP contribution in [0.25, 0.3) is 11.3 Å². The minimum atomic E-state index is -0.649. The summed E-state index contributed by atoms with van der Waals surface area (Å²) in [6, 6.07) is 10.7. The van der Waals surface area contributed by atoms with Crippen LogP contribution in [-0.4, -0.2) is 45.7 Å². The fourth-order valence-electron chi connectivity index (χ4n) is 3.48. The number of pyridine rings is 2. The molecule has 3 aromatic rings. The number of nitrogens with zero attached hydrogens (tertiary/aromatic N) is 2. The molecule has 6 nitrogen and oxygen atoms in total. The molecule has 1 fully saturated rings. The van der Waals surface area contributed by atoms with Gasteiger partial charge in [0.25, 0.3) is 0 Å². The highest BCUT2D eigenvalue weighted by Gasteiger charge is 2.24. The predicted octanol–water partition coefficient (Wildman–Crippen LogP) is 4.80. The molecule has 2 aromatic heterocycles. The van der Waals surface area contributed by atoms with Crippen LogP contribution in [0.15, 0.2) is 54.9 Å². The molecule has 1 saturated carbocycles. The number of anilines is 1. The molecule has 1 aliphatic carbocycles. The van der Waals surface area contributed by atoms with Crippen molar-refractivity contribution in [3.8, 4) is 11.3 Å². The minimum Gasteiger partial charge on any atom is -0.390 e. The van der Waals surface area contributed by atoms with Crippen LogP contribution >= 0.6 is 0 Å². The highest BCUT2D eigenvalue weighted by molar-refractivity contribution is 5.74. The number of halogens is 2. The first kappa shape index (κ1) is 27.0. The van der Waals surface area contributed by atoms with Crippen LogP contribution in [0.2, 0.25) is 0 Å². The van der Waals surface area contributed by atoms with E-state index in [1.54, 1.807) is 25.4 Å². The molecule has 0 spiro atoms. The zero-order valence-electron chi connectivity index (χ0n) is 19.6. The highest BCUT2D eigenvalue weighted by atomic mass is 19.1. The van der Waals surface area contributed by atoms with Gasteiger partial charge in [0.05, 0.1) is 17.9 Å².